The lowest BCUT2D eigenvalue weighted by molar-refractivity contribution is -0.138. The summed E-state index contributed by atoms with van der Waals surface area (Å²) in [6, 6.07) is 19.7. The number of carbonyl (C=O) groups is 1. The van der Waals surface area contributed by atoms with Crippen molar-refractivity contribution >= 4 is 53.3 Å². The van der Waals surface area contributed by atoms with Gasteiger partial charge in [0.25, 0.3) is 0 Å². The van der Waals surface area contributed by atoms with Crippen LogP contribution in [0.2, 0.25) is 5.02 Å². The van der Waals surface area contributed by atoms with Crippen LogP contribution in [0.1, 0.15) is 116 Å². The van der Waals surface area contributed by atoms with Gasteiger partial charge in [-0.3, -0.25) is 4.79 Å². The first-order valence-electron chi connectivity index (χ1n) is 18.8. The van der Waals surface area contributed by atoms with Crippen molar-refractivity contribution in [2.45, 2.75) is 123 Å². The van der Waals surface area contributed by atoms with Gasteiger partial charge < -0.3 is 15.5 Å². The number of hydrogen-bond donors (Lipinski definition) is 4. The minimum Gasteiger partial charge on any atom is -0.481 e. The summed E-state index contributed by atoms with van der Waals surface area (Å²) in [6.07, 6.45) is 18.0. The standard InChI is InChI=1S/C29H30ClNO.C10H23N.C6H10O2S/c1-5-23(27(6-2)29(3,4)32)12-8-11-21-9-7-10-22(19-21)13-17-26-18-15-24-14-16-25(30)20-28(24)31-26;1-5-7-9(3)11-10(4)8-6-2;7-5(8)3-6(4-9)1-2-6/h5-7,9-10,13-20,32H,1-2,8,11-12H2,3-4H3;9-11H,5-8H2,1-4H3;9H,1-4H2,(H,7,8)/b17-13+,27-23-;;. The molecule has 1 aliphatic carbocycles. The van der Waals surface area contributed by atoms with E-state index in [0.29, 0.717) is 23.5 Å². The highest BCUT2D eigenvalue weighted by molar-refractivity contribution is 7.80. The maximum absolute atomic E-state index is 10.4. The Labute approximate surface area is 324 Å². The smallest absolute Gasteiger partial charge is 0.303 e. The zero-order chi connectivity index (χ0) is 38.7. The van der Waals surface area contributed by atoms with E-state index in [2.05, 4.69) is 100 Å². The molecule has 3 N–H and O–H groups in total. The fourth-order valence-corrected chi connectivity index (χ4v) is 6.84. The predicted molar refractivity (Wildman–Crippen MR) is 228 cm³/mol. The van der Waals surface area contributed by atoms with E-state index in [1.807, 2.05) is 36.4 Å². The summed E-state index contributed by atoms with van der Waals surface area (Å²) in [7, 11) is 0. The minimum absolute atomic E-state index is 0.0783. The summed E-state index contributed by atoms with van der Waals surface area (Å²) in [5.41, 5.74) is 5.25. The molecular formula is C45H63ClN2O3S. The molecule has 284 valence electrons. The van der Waals surface area contributed by atoms with Crippen molar-refractivity contribution < 1.29 is 15.0 Å². The number of carboxylic acids is 1. The summed E-state index contributed by atoms with van der Waals surface area (Å²) in [5.74, 6) is 0.0285. The van der Waals surface area contributed by atoms with Gasteiger partial charge in [0.15, 0.2) is 0 Å². The van der Waals surface area contributed by atoms with Gasteiger partial charge in [0, 0.05) is 22.5 Å². The molecule has 52 heavy (non-hydrogen) atoms. The van der Waals surface area contributed by atoms with Crippen LogP contribution in [0.15, 0.2) is 91.1 Å². The van der Waals surface area contributed by atoms with Gasteiger partial charge in [-0.1, -0.05) is 106 Å². The molecular weight excluding hydrogens is 684 g/mol. The van der Waals surface area contributed by atoms with E-state index in [0.717, 1.165) is 71.2 Å². The molecule has 1 fully saturated rings. The molecule has 1 aromatic heterocycles. The van der Waals surface area contributed by atoms with E-state index in [9.17, 15) is 9.90 Å². The number of thiol groups is 1. The first-order valence-corrected chi connectivity index (χ1v) is 19.8. The molecule has 4 rings (SSSR count). The highest BCUT2D eigenvalue weighted by Gasteiger charge is 2.42. The van der Waals surface area contributed by atoms with Crippen LogP contribution < -0.4 is 5.32 Å². The van der Waals surface area contributed by atoms with E-state index in [1.54, 1.807) is 19.9 Å². The van der Waals surface area contributed by atoms with Crippen molar-refractivity contribution in [2.24, 2.45) is 5.41 Å². The average molecular weight is 748 g/mol. The van der Waals surface area contributed by atoms with Crippen LogP contribution in [0.3, 0.4) is 0 Å². The summed E-state index contributed by atoms with van der Waals surface area (Å²) in [5, 5.41) is 24.1. The third-order valence-electron chi connectivity index (χ3n) is 9.27. The van der Waals surface area contributed by atoms with Gasteiger partial charge in [0.1, 0.15) is 0 Å². The predicted octanol–water partition coefficient (Wildman–Crippen LogP) is 11.9. The number of aryl methyl sites for hydroxylation is 1. The van der Waals surface area contributed by atoms with E-state index in [-0.39, 0.29) is 5.41 Å². The molecule has 0 amide bonds. The Bertz CT molecular complexity index is 1630. The number of nitrogens with one attached hydrogen (secondary N) is 1. The average Bonchev–Trinajstić information content (AvgIpc) is 3.86. The molecule has 1 heterocycles. The number of hydrogen-bond acceptors (Lipinski definition) is 5. The summed E-state index contributed by atoms with van der Waals surface area (Å²) in [4.78, 5) is 14.9. The minimum atomic E-state index is -0.919. The van der Waals surface area contributed by atoms with Crippen LogP contribution in [-0.2, 0) is 11.2 Å². The van der Waals surface area contributed by atoms with Crippen molar-refractivity contribution in [1.29, 1.82) is 0 Å². The van der Waals surface area contributed by atoms with Gasteiger partial charge in [-0.2, -0.15) is 12.6 Å². The molecule has 0 aliphatic heterocycles. The van der Waals surface area contributed by atoms with Crippen molar-refractivity contribution in [1.82, 2.24) is 10.3 Å². The molecule has 5 nitrogen and oxygen atoms in total. The molecule has 1 aliphatic rings. The van der Waals surface area contributed by atoms with Crippen molar-refractivity contribution in [3.05, 3.63) is 113 Å². The Kier molecular flexibility index (Phi) is 19.7. The SMILES string of the molecule is C=C/C(CCCc1cccc(/C=C/c2ccc3ccc(Cl)cc3n2)c1)=C(\C=C)C(C)(C)O.CCCC(C)NC(C)CCC.O=C(O)CC1(CS)CC1. The molecule has 2 aromatic carbocycles. The van der Waals surface area contributed by atoms with E-state index in [4.69, 9.17) is 16.7 Å². The summed E-state index contributed by atoms with van der Waals surface area (Å²) < 4.78 is 0. The zero-order valence-electron chi connectivity index (χ0n) is 32.4. The Hall–Kier alpha value is -3.16. The number of benzene rings is 2. The van der Waals surface area contributed by atoms with Gasteiger partial charge in [-0.25, -0.2) is 4.98 Å². The number of pyridine rings is 1. The molecule has 2 unspecified atom stereocenters. The second-order valence-electron chi connectivity index (χ2n) is 14.7. The van der Waals surface area contributed by atoms with Gasteiger partial charge in [-0.15, -0.1) is 0 Å². The number of aliphatic carboxylic acids is 1. The number of allylic oxidation sites excluding steroid dienone is 2. The topological polar surface area (TPSA) is 82.5 Å². The Morgan fingerprint density at radius 1 is 1.02 bits per heavy atom. The molecule has 0 saturated heterocycles. The second kappa shape index (κ2) is 22.8. The van der Waals surface area contributed by atoms with Crippen LogP contribution in [0.25, 0.3) is 23.1 Å². The Balaban J connectivity index is 0.000000380. The lowest BCUT2D eigenvalue weighted by atomic mass is 9.90. The third-order valence-corrected chi connectivity index (χ3v) is 10.2. The largest absolute Gasteiger partial charge is 0.481 e. The zero-order valence-corrected chi connectivity index (χ0v) is 34.1. The molecule has 0 bridgehead atoms. The highest BCUT2D eigenvalue weighted by atomic mass is 35.5. The quantitative estimate of drug-likeness (QED) is 0.0769. The van der Waals surface area contributed by atoms with Crippen molar-refractivity contribution in [3.63, 3.8) is 0 Å². The lowest BCUT2D eigenvalue weighted by Crippen LogP contribution is -2.34. The van der Waals surface area contributed by atoms with Crippen LogP contribution >= 0.6 is 24.2 Å². The molecule has 7 heteroatoms. The number of nitrogens with zero attached hydrogens (tertiary/aromatic N) is 1. The third kappa shape index (κ3) is 16.7. The first-order chi connectivity index (χ1) is 24.7. The number of aliphatic hydroxyl groups is 1. The number of halogens is 1. The number of carboxylic acid groups (broad SMARTS) is 1. The van der Waals surface area contributed by atoms with Crippen LogP contribution in [0, 0.1) is 5.41 Å². The maximum Gasteiger partial charge on any atom is 0.303 e. The number of aromatic nitrogens is 1. The van der Waals surface area contributed by atoms with Gasteiger partial charge >= 0.3 is 5.97 Å². The van der Waals surface area contributed by atoms with Crippen molar-refractivity contribution in [3.8, 4) is 0 Å². The van der Waals surface area contributed by atoms with Crippen LogP contribution in [0.5, 0.6) is 0 Å². The van der Waals surface area contributed by atoms with Crippen molar-refractivity contribution in [2.75, 3.05) is 5.75 Å². The lowest BCUT2D eigenvalue weighted by Gasteiger charge is -2.22. The molecule has 0 radical (unpaired) electrons. The highest BCUT2D eigenvalue weighted by Crippen LogP contribution is 2.49. The summed E-state index contributed by atoms with van der Waals surface area (Å²) >= 11 is 10.2. The number of fused-ring (bicyclic) bond motifs is 1. The first kappa shape index (κ1) is 45.0. The van der Waals surface area contributed by atoms with Gasteiger partial charge in [0.05, 0.1) is 23.2 Å². The molecule has 1 saturated carbocycles. The fourth-order valence-electron chi connectivity index (χ4n) is 6.24. The van der Waals surface area contributed by atoms with E-state index < -0.39 is 11.6 Å². The monoisotopic (exact) mass is 746 g/mol. The summed E-state index contributed by atoms with van der Waals surface area (Å²) in [6.45, 7) is 20.4. The Morgan fingerprint density at radius 3 is 2.19 bits per heavy atom. The molecule has 3 aromatic rings. The van der Waals surface area contributed by atoms with E-state index in [1.165, 1.54) is 31.2 Å². The van der Waals surface area contributed by atoms with Crippen LogP contribution in [0.4, 0.5) is 0 Å². The normalized spacial score (nSPS) is 15.0. The van der Waals surface area contributed by atoms with E-state index >= 15 is 0 Å². The second-order valence-corrected chi connectivity index (χ2v) is 15.4. The molecule has 2 atom stereocenters. The fraction of sp³-hybridized carbons (Fsp3) is 0.467. The van der Waals surface area contributed by atoms with Crippen LogP contribution in [-0.4, -0.2) is 44.6 Å². The number of rotatable bonds is 18. The van der Waals surface area contributed by atoms with Gasteiger partial charge in [-0.05, 0) is 130 Å². The van der Waals surface area contributed by atoms with Gasteiger partial charge in [0.2, 0.25) is 0 Å². The molecule has 0 spiro atoms. The maximum atomic E-state index is 10.4. The Morgan fingerprint density at radius 2 is 1.67 bits per heavy atom.